The Morgan fingerprint density at radius 3 is 2.52 bits per heavy atom. The van der Waals surface area contributed by atoms with Gasteiger partial charge in [-0.15, -0.1) is 0 Å². The van der Waals surface area contributed by atoms with Crippen molar-refractivity contribution in [2.45, 2.75) is 51.2 Å². The maximum Gasteiger partial charge on any atom is 0.391 e. The molecule has 1 saturated carbocycles. The summed E-state index contributed by atoms with van der Waals surface area (Å²) in [5, 5.41) is 0. The number of hydrogen-bond acceptors (Lipinski definition) is 3. The summed E-state index contributed by atoms with van der Waals surface area (Å²) in [7, 11) is 1.61. The molecule has 0 amide bonds. The Kier molecular flexibility index (Phi) is 6.94. The highest BCUT2D eigenvalue weighted by molar-refractivity contribution is 4.98. The molecule has 0 aromatic rings. The van der Waals surface area contributed by atoms with Gasteiger partial charge < -0.3 is 10.5 Å². The molecule has 0 bridgehead atoms. The van der Waals surface area contributed by atoms with Crippen LogP contribution in [0.25, 0.3) is 0 Å². The summed E-state index contributed by atoms with van der Waals surface area (Å²) in [6, 6.07) is 0. The molecular weight excluding hydrogens is 281 g/mol. The number of halogens is 3. The molecule has 1 aliphatic rings. The van der Waals surface area contributed by atoms with Crippen LogP contribution in [0.5, 0.6) is 0 Å². The summed E-state index contributed by atoms with van der Waals surface area (Å²) >= 11 is 0. The molecule has 2 unspecified atom stereocenters. The number of nitrogens with zero attached hydrogens (tertiary/aromatic N) is 1. The minimum Gasteiger partial charge on any atom is -0.383 e. The van der Waals surface area contributed by atoms with Crippen molar-refractivity contribution in [2.75, 3.05) is 33.4 Å². The van der Waals surface area contributed by atoms with Gasteiger partial charge in [0.1, 0.15) is 0 Å². The Hall–Kier alpha value is -0.330. The van der Waals surface area contributed by atoms with Crippen LogP contribution in [0.15, 0.2) is 0 Å². The molecule has 0 aromatic heterocycles. The highest BCUT2D eigenvalue weighted by Gasteiger charge is 2.49. The zero-order chi connectivity index (χ0) is 16.1. The predicted octanol–water partition coefficient (Wildman–Crippen LogP) is 3.04. The summed E-state index contributed by atoms with van der Waals surface area (Å²) in [5.74, 6) is -0.844. The van der Waals surface area contributed by atoms with Crippen LogP contribution in [0.2, 0.25) is 0 Å². The first kappa shape index (κ1) is 18.7. The first-order chi connectivity index (χ1) is 9.75. The largest absolute Gasteiger partial charge is 0.391 e. The third-order valence-corrected chi connectivity index (χ3v) is 4.49. The average Bonchev–Trinajstić information content (AvgIpc) is 2.42. The van der Waals surface area contributed by atoms with Crippen molar-refractivity contribution in [1.82, 2.24) is 4.90 Å². The molecule has 126 valence electrons. The zero-order valence-corrected chi connectivity index (χ0v) is 13.4. The number of ether oxygens (including phenoxy) is 1. The molecule has 21 heavy (non-hydrogen) atoms. The van der Waals surface area contributed by atoms with E-state index in [0.717, 1.165) is 13.0 Å². The Labute approximate surface area is 126 Å². The molecular formula is C15H29F3N2O. The van der Waals surface area contributed by atoms with Gasteiger partial charge >= 0.3 is 6.18 Å². The molecule has 2 N–H and O–H groups in total. The second-order valence-corrected chi connectivity index (χ2v) is 6.60. The molecule has 0 saturated heterocycles. The van der Waals surface area contributed by atoms with Gasteiger partial charge in [-0.3, -0.25) is 4.90 Å². The second-order valence-electron chi connectivity index (χ2n) is 6.60. The number of methoxy groups -OCH3 is 1. The summed E-state index contributed by atoms with van der Waals surface area (Å²) in [6.45, 7) is 6.34. The van der Waals surface area contributed by atoms with Crippen molar-refractivity contribution in [3.8, 4) is 0 Å². The fraction of sp³-hybridized carbons (Fsp3) is 1.00. The number of rotatable bonds is 7. The fourth-order valence-electron chi connectivity index (χ4n) is 3.39. The molecule has 1 fully saturated rings. The minimum atomic E-state index is -4.12. The summed E-state index contributed by atoms with van der Waals surface area (Å²) in [5.41, 5.74) is 5.40. The topological polar surface area (TPSA) is 38.5 Å². The van der Waals surface area contributed by atoms with Gasteiger partial charge in [-0.05, 0) is 25.2 Å². The van der Waals surface area contributed by atoms with Crippen LogP contribution in [0.4, 0.5) is 13.2 Å². The first-order valence-corrected chi connectivity index (χ1v) is 7.76. The molecule has 0 spiro atoms. The smallest absolute Gasteiger partial charge is 0.383 e. The van der Waals surface area contributed by atoms with Gasteiger partial charge in [-0.2, -0.15) is 13.2 Å². The number of nitrogens with two attached hydrogens (primary N) is 1. The second kappa shape index (κ2) is 7.79. The Morgan fingerprint density at radius 1 is 1.38 bits per heavy atom. The maximum absolute atomic E-state index is 13.1. The van der Waals surface area contributed by atoms with Gasteiger partial charge in [0.25, 0.3) is 0 Å². The van der Waals surface area contributed by atoms with Crippen molar-refractivity contribution in [1.29, 1.82) is 0 Å². The van der Waals surface area contributed by atoms with E-state index in [1.54, 1.807) is 7.11 Å². The van der Waals surface area contributed by atoms with Crippen molar-refractivity contribution in [3.05, 3.63) is 0 Å². The van der Waals surface area contributed by atoms with E-state index in [-0.39, 0.29) is 19.4 Å². The SMILES string of the molecule is COCCN(CC(C)C)C1(CN)CCCC(C(F)(F)F)C1. The van der Waals surface area contributed by atoms with E-state index in [1.807, 2.05) is 0 Å². The number of hydrogen-bond donors (Lipinski definition) is 1. The molecule has 0 radical (unpaired) electrons. The highest BCUT2D eigenvalue weighted by Crippen LogP contribution is 2.44. The van der Waals surface area contributed by atoms with Gasteiger partial charge in [0, 0.05) is 32.3 Å². The Balaban J connectivity index is 2.91. The molecule has 0 heterocycles. The third kappa shape index (κ3) is 5.11. The lowest BCUT2D eigenvalue weighted by Gasteiger charge is -2.49. The Morgan fingerprint density at radius 2 is 2.05 bits per heavy atom. The molecule has 6 heteroatoms. The monoisotopic (exact) mass is 310 g/mol. The normalized spacial score (nSPS) is 27.6. The maximum atomic E-state index is 13.1. The molecule has 2 atom stereocenters. The minimum absolute atomic E-state index is 0.115. The van der Waals surface area contributed by atoms with Crippen LogP contribution in [-0.4, -0.2) is 50.0 Å². The van der Waals surface area contributed by atoms with Crippen LogP contribution in [-0.2, 0) is 4.74 Å². The third-order valence-electron chi connectivity index (χ3n) is 4.49. The van der Waals surface area contributed by atoms with Crippen molar-refractivity contribution < 1.29 is 17.9 Å². The van der Waals surface area contributed by atoms with Crippen molar-refractivity contribution in [3.63, 3.8) is 0 Å². The lowest BCUT2D eigenvalue weighted by molar-refractivity contribution is -0.194. The molecule has 1 aliphatic carbocycles. The zero-order valence-electron chi connectivity index (χ0n) is 13.4. The highest BCUT2D eigenvalue weighted by atomic mass is 19.4. The van der Waals surface area contributed by atoms with E-state index >= 15 is 0 Å². The number of alkyl halides is 3. The first-order valence-electron chi connectivity index (χ1n) is 7.76. The molecule has 0 aromatic carbocycles. The van der Waals surface area contributed by atoms with E-state index in [1.165, 1.54) is 0 Å². The molecule has 1 rings (SSSR count). The summed E-state index contributed by atoms with van der Waals surface area (Å²) < 4.78 is 44.5. The molecule has 0 aliphatic heterocycles. The van der Waals surface area contributed by atoms with E-state index < -0.39 is 17.6 Å². The standard InChI is InChI=1S/C15H29F3N2O/c1-12(2)10-20(7-8-21-3)14(11-19)6-4-5-13(9-14)15(16,17)18/h12-13H,4-11,19H2,1-3H3. The van der Waals surface area contributed by atoms with Gasteiger partial charge in [0.2, 0.25) is 0 Å². The average molecular weight is 310 g/mol. The van der Waals surface area contributed by atoms with Crippen LogP contribution >= 0.6 is 0 Å². The van der Waals surface area contributed by atoms with Crippen LogP contribution in [0.1, 0.15) is 39.5 Å². The van der Waals surface area contributed by atoms with Crippen LogP contribution in [0.3, 0.4) is 0 Å². The Bertz CT molecular complexity index is 310. The van der Waals surface area contributed by atoms with Gasteiger partial charge in [-0.25, -0.2) is 0 Å². The fourth-order valence-corrected chi connectivity index (χ4v) is 3.39. The summed E-state index contributed by atoms with van der Waals surface area (Å²) in [6.07, 6.45) is -2.45. The van der Waals surface area contributed by atoms with E-state index in [9.17, 15) is 13.2 Å². The van der Waals surface area contributed by atoms with Crippen molar-refractivity contribution >= 4 is 0 Å². The van der Waals surface area contributed by atoms with Gasteiger partial charge in [0.05, 0.1) is 12.5 Å². The lowest BCUT2D eigenvalue weighted by atomic mass is 9.74. The van der Waals surface area contributed by atoms with Crippen LogP contribution < -0.4 is 5.73 Å². The van der Waals surface area contributed by atoms with Gasteiger partial charge in [0.15, 0.2) is 0 Å². The van der Waals surface area contributed by atoms with E-state index in [2.05, 4.69) is 18.7 Å². The lowest BCUT2D eigenvalue weighted by Crippen LogP contribution is -2.59. The van der Waals surface area contributed by atoms with E-state index in [0.29, 0.717) is 25.5 Å². The summed E-state index contributed by atoms with van der Waals surface area (Å²) in [4.78, 5) is 2.14. The molecule has 3 nitrogen and oxygen atoms in total. The quantitative estimate of drug-likeness (QED) is 0.785. The van der Waals surface area contributed by atoms with Crippen LogP contribution in [0, 0.1) is 11.8 Å². The van der Waals surface area contributed by atoms with Gasteiger partial charge in [-0.1, -0.05) is 20.3 Å². The van der Waals surface area contributed by atoms with E-state index in [4.69, 9.17) is 10.5 Å². The van der Waals surface area contributed by atoms with Crippen molar-refractivity contribution in [2.24, 2.45) is 17.6 Å². The predicted molar refractivity (Wildman–Crippen MR) is 78.1 cm³/mol.